The van der Waals surface area contributed by atoms with Crippen molar-refractivity contribution in [1.29, 1.82) is 0 Å². The van der Waals surface area contributed by atoms with Crippen LogP contribution < -0.4 is 10.6 Å². The predicted molar refractivity (Wildman–Crippen MR) is 291 cm³/mol. The van der Waals surface area contributed by atoms with E-state index in [0.717, 1.165) is 58.0 Å². The molecule has 4 atom stereocenters. The minimum absolute atomic E-state index is 0.0342. The lowest BCUT2D eigenvalue weighted by Gasteiger charge is -2.40. The van der Waals surface area contributed by atoms with Crippen LogP contribution >= 0.6 is 0 Å². The minimum Gasteiger partial charge on any atom is -0.393 e. The lowest BCUT2D eigenvalue weighted by molar-refractivity contribution is -0.464. The fraction of sp³-hybridized carbons (Fsp3) is 0.852. The van der Waals surface area contributed by atoms with E-state index in [1.807, 2.05) is 28.2 Å². The first-order valence-electron chi connectivity index (χ1n) is 29.1. The number of carbonyl (C=O) groups excluding carboxylic acids is 6. The number of nitrogens with one attached hydrogen (secondary N) is 2. The summed E-state index contributed by atoms with van der Waals surface area (Å²) in [6.45, 7) is 15.5. The van der Waals surface area contributed by atoms with E-state index in [4.69, 9.17) is 33.5 Å². The minimum atomic E-state index is -0.821. The van der Waals surface area contributed by atoms with Crippen LogP contribution in [0.5, 0.6) is 0 Å². The van der Waals surface area contributed by atoms with Crippen molar-refractivity contribution in [3.05, 3.63) is 11.6 Å². The standard InChI is InChI=1S/C54H95N11O15/c1-8-55-54(73)53-58-57-52(44-33-43(39(3)4)45(66)34-46(44)67)64(53)42-12-10-40(11-13-42)32-41-14-18-63(19-15-41)48(69)16-24-74-26-28-76-30-31-77-29-27-75-25-17-56-47(68)35-62(9-2)23-22-61(7)38-51(72)80-65-78-49(70)36-59(5)20-21-60(6)37-50(71)79-65/h39-46,66-67H,8-38H2,1-7H3,(H,55,73)(H,56,68). The van der Waals surface area contributed by atoms with Crippen molar-refractivity contribution in [3.63, 3.8) is 0 Å². The normalized spacial score (nSPS) is 23.5. The van der Waals surface area contributed by atoms with Crippen LogP contribution in [0, 0.1) is 23.7 Å². The van der Waals surface area contributed by atoms with Crippen LogP contribution in [0.4, 0.5) is 0 Å². The molecule has 456 valence electrons. The third-order valence-corrected chi connectivity index (χ3v) is 15.6. The topological polar surface area (TPSA) is 282 Å². The van der Waals surface area contributed by atoms with E-state index >= 15 is 0 Å². The highest BCUT2D eigenvalue weighted by Gasteiger charge is 2.42. The first kappa shape index (κ1) is 66.3. The fourth-order valence-electron chi connectivity index (χ4n) is 10.9. The summed E-state index contributed by atoms with van der Waals surface area (Å²) >= 11 is 0. The molecule has 2 aliphatic heterocycles. The number of aromatic nitrogens is 3. The molecular formula is C54H95N11O15. The van der Waals surface area contributed by atoms with Crippen LogP contribution in [0.2, 0.25) is 0 Å². The molecule has 4 N–H and O–H groups in total. The highest BCUT2D eigenvalue weighted by molar-refractivity contribution is 5.90. The van der Waals surface area contributed by atoms with Gasteiger partial charge in [0.25, 0.3) is 5.91 Å². The number of rotatable bonds is 31. The van der Waals surface area contributed by atoms with Gasteiger partial charge in [-0.2, -0.15) is 0 Å². The Labute approximate surface area is 472 Å². The largest absolute Gasteiger partial charge is 0.393 e. The highest BCUT2D eigenvalue weighted by atomic mass is 17.2. The quantitative estimate of drug-likeness (QED) is 0.0743. The molecule has 2 saturated heterocycles. The van der Waals surface area contributed by atoms with Gasteiger partial charge in [0.05, 0.1) is 97.7 Å². The van der Waals surface area contributed by atoms with Crippen LogP contribution in [0.15, 0.2) is 0 Å². The molecule has 5 rings (SSSR count). The van der Waals surface area contributed by atoms with Crippen LogP contribution in [-0.4, -0.2) is 262 Å². The average molecular weight is 1140 g/mol. The van der Waals surface area contributed by atoms with Crippen molar-refractivity contribution in [3.8, 4) is 0 Å². The summed E-state index contributed by atoms with van der Waals surface area (Å²) in [5, 5.41) is 36.7. The first-order valence-corrected chi connectivity index (χ1v) is 29.1. The number of hydrogen-bond donors (Lipinski definition) is 4. The molecule has 0 aromatic carbocycles. The Balaban J connectivity index is 0.831. The number of ether oxygens (including phenoxy) is 4. The molecule has 3 heterocycles. The van der Waals surface area contributed by atoms with Gasteiger partial charge in [-0.3, -0.25) is 48.5 Å². The monoisotopic (exact) mass is 1140 g/mol. The van der Waals surface area contributed by atoms with Gasteiger partial charge in [-0.15, -0.1) is 10.2 Å². The number of likely N-dealkylation sites (tertiary alicyclic amines) is 1. The van der Waals surface area contributed by atoms with Crippen molar-refractivity contribution in [2.24, 2.45) is 23.7 Å². The summed E-state index contributed by atoms with van der Waals surface area (Å²) in [6, 6.07) is 0.0659. The molecule has 1 aromatic heterocycles. The highest BCUT2D eigenvalue weighted by Crippen LogP contribution is 2.43. The van der Waals surface area contributed by atoms with Gasteiger partial charge in [0.15, 0.2) is 0 Å². The Kier molecular flexibility index (Phi) is 29.4. The molecule has 0 radical (unpaired) electrons. The molecular weight excluding hydrogens is 1040 g/mol. The van der Waals surface area contributed by atoms with Crippen molar-refractivity contribution in [1.82, 2.24) is 55.3 Å². The lowest BCUT2D eigenvalue weighted by Crippen LogP contribution is -2.43. The molecule has 4 fully saturated rings. The van der Waals surface area contributed by atoms with Crippen molar-refractivity contribution < 1.29 is 72.4 Å². The van der Waals surface area contributed by atoms with Crippen LogP contribution in [-0.2, 0) is 57.4 Å². The van der Waals surface area contributed by atoms with E-state index in [9.17, 15) is 39.0 Å². The molecule has 4 unspecified atom stereocenters. The van der Waals surface area contributed by atoms with Crippen molar-refractivity contribution in [2.45, 2.75) is 116 Å². The third-order valence-electron chi connectivity index (χ3n) is 15.6. The van der Waals surface area contributed by atoms with Gasteiger partial charge in [-0.25, -0.2) is 14.4 Å². The molecule has 1 aromatic rings. The summed E-state index contributed by atoms with van der Waals surface area (Å²) < 4.78 is 24.5. The zero-order valence-corrected chi connectivity index (χ0v) is 48.8. The van der Waals surface area contributed by atoms with Crippen molar-refractivity contribution >= 4 is 35.6 Å². The SMILES string of the molecule is CCNC(=O)c1nnc(C2CC(C(C)C)C(O)CC2O)n1C1CCC(CC2CCN(C(=O)CCOCCOCCOCCOCCNC(=O)CN(CC)CCN(C)CC(=O)ON3OC(=O)CN(C)CCN(C)CC(=O)O3)CC2)CC1. The van der Waals surface area contributed by atoms with Gasteiger partial charge in [0.1, 0.15) is 5.82 Å². The molecule has 80 heavy (non-hydrogen) atoms. The van der Waals surface area contributed by atoms with Crippen LogP contribution in [0.25, 0.3) is 0 Å². The van der Waals surface area contributed by atoms with E-state index in [2.05, 4.69) is 34.7 Å². The van der Waals surface area contributed by atoms with Crippen LogP contribution in [0.3, 0.4) is 0 Å². The number of carbonyl (C=O) groups is 6. The third kappa shape index (κ3) is 23.0. The number of likely N-dealkylation sites (N-methyl/N-ethyl adjacent to an activating group) is 4. The lowest BCUT2D eigenvalue weighted by atomic mass is 9.72. The molecule has 0 spiro atoms. The maximum absolute atomic E-state index is 13.2. The molecule has 2 saturated carbocycles. The van der Waals surface area contributed by atoms with E-state index in [0.29, 0.717) is 135 Å². The summed E-state index contributed by atoms with van der Waals surface area (Å²) in [6.07, 6.45) is 6.89. The summed E-state index contributed by atoms with van der Waals surface area (Å²) in [5.41, 5.74) is 0. The first-order chi connectivity index (χ1) is 38.4. The Hall–Kier alpha value is -4.48. The molecule has 2 aliphatic carbocycles. The fourth-order valence-corrected chi connectivity index (χ4v) is 10.9. The van der Waals surface area contributed by atoms with Gasteiger partial charge in [0, 0.05) is 70.7 Å². The van der Waals surface area contributed by atoms with Gasteiger partial charge < -0.3 is 49.3 Å². The maximum Gasteiger partial charge on any atom is 0.346 e. The number of aliphatic hydroxyl groups is 2. The Morgan fingerprint density at radius 3 is 1.90 bits per heavy atom. The molecule has 26 nitrogen and oxygen atoms in total. The summed E-state index contributed by atoms with van der Waals surface area (Å²) in [4.78, 5) is 99.8. The van der Waals surface area contributed by atoms with E-state index in [1.165, 1.54) is 0 Å². The maximum atomic E-state index is 13.2. The van der Waals surface area contributed by atoms with Gasteiger partial charge in [-0.1, -0.05) is 20.8 Å². The van der Waals surface area contributed by atoms with Gasteiger partial charge in [-0.05, 0) is 110 Å². The second-order valence-electron chi connectivity index (χ2n) is 22.2. The molecule has 0 bridgehead atoms. The van der Waals surface area contributed by atoms with Gasteiger partial charge >= 0.3 is 17.9 Å². The summed E-state index contributed by atoms with van der Waals surface area (Å²) in [7, 11) is 5.13. The smallest absolute Gasteiger partial charge is 0.346 e. The Morgan fingerprint density at radius 2 is 1.31 bits per heavy atom. The number of piperidine rings is 1. The molecule has 3 amide bonds. The zero-order valence-electron chi connectivity index (χ0n) is 48.8. The van der Waals surface area contributed by atoms with Crippen LogP contribution in [0.1, 0.15) is 120 Å². The second-order valence-corrected chi connectivity index (χ2v) is 22.2. The van der Waals surface area contributed by atoms with Gasteiger partial charge in [0.2, 0.25) is 23.0 Å². The Bertz CT molecular complexity index is 2010. The number of nitrogens with zero attached hydrogens (tertiary/aromatic N) is 9. The van der Waals surface area contributed by atoms with E-state index < -0.39 is 30.1 Å². The zero-order chi connectivity index (χ0) is 58.0. The van der Waals surface area contributed by atoms with E-state index in [-0.39, 0.29) is 79.5 Å². The summed E-state index contributed by atoms with van der Waals surface area (Å²) in [5.74, 6) is -0.561. The van der Waals surface area contributed by atoms with Crippen molar-refractivity contribution in [2.75, 3.05) is 159 Å². The second kappa shape index (κ2) is 35.5. The molecule has 4 aliphatic rings. The number of aliphatic hydroxyl groups excluding tert-OH is 2. The number of hydrogen-bond acceptors (Lipinski definition) is 22. The average Bonchev–Trinajstić information content (AvgIpc) is 3.85. The number of amides is 3. The molecule has 26 heteroatoms. The van der Waals surface area contributed by atoms with E-state index in [1.54, 1.807) is 35.8 Å². The Morgan fingerprint density at radius 1 is 0.725 bits per heavy atom. The predicted octanol–water partition coefficient (Wildman–Crippen LogP) is 0.639.